The van der Waals surface area contributed by atoms with Gasteiger partial charge in [-0.2, -0.15) is 5.26 Å². The number of ether oxygens (including phenoxy) is 1. The topological polar surface area (TPSA) is 70.4 Å². The average Bonchev–Trinajstić information content (AvgIpc) is 3.16. The summed E-state index contributed by atoms with van der Waals surface area (Å²) in [6, 6.07) is 1.35. The third-order valence-electron chi connectivity index (χ3n) is 3.50. The normalized spacial score (nSPS) is 16.1. The van der Waals surface area contributed by atoms with Gasteiger partial charge < -0.3 is 9.64 Å². The molecule has 0 N–H and O–H groups in total. The minimum absolute atomic E-state index is 0.0649. The fourth-order valence-electron chi connectivity index (χ4n) is 2.15. The van der Waals surface area contributed by atoms with Gasteiger partial charge in [0.25, 0.3) is 0 Å². The smallest absolute Gasteiger partial charge is 0.328 e. The zero-order valence-corrected chi connectivity index (χ0v) is 12.8. The van der Waals surface area contributed by atoms with Crippen molar-refractivity contribution in [2.75, 3.05) is 13.7 Å². The van der Waals surface area contributed by atoms with Gasteiger partial charge in [0, 0.05) is 6.54 Å². The maximum Gasteiger partial charge on any atom is 0.328 e. The van der Waals surface area contributed by atoms with Gasteiger partial charge in [0.15, 0.2) is 0 Å². The van der Waals surface area contributed by atoms with Gasteiger partial charge in [0.2, 0.25) is 5.91 Å². The van der Waals surface area contributed by atoms with Crippen LogP contribution < -0.4 is 0 Å². The van der Waals surface area contributed by atoms with Crippen molar-refractivity contribution in [1.82, 2.24) is 4.90 Å². The van der Waals surface area contributed by atoms with E-state index in [0.717, 1.165) is 19.3 Å². The summed E-state index contributed by atoms with van der Waals surface area (Å²) in [6.07, 6.45) is 2.46. The van der Waals surface area contributed by atoms with Crippen molar-refractivity contribution in [3.63, 3.8) is 0 Å². The van der Waals surface area contributed by atoms with Crippen molar-refractivity contribution in [1.29, 1.82) is 5.26 Å². The minimum Gasteiger partial charge on any atom is -0.467 e. The average molecular weight is 280 g/mol. The van der Waals surface area contributed by atoms with Crippen LogP contribution in [0.15, 0.2) is 0 Å². The Morgan fingerprint density at radius 3 is 2.40 bits per heavy atom. The number of carbonyl (C=O) groups excluding carboxylic acids is 2. The molecular weight excluding hydrogens is 256 g/mol. The molecule has 1 fully saturated rings. The van der Waals surface area contributed by atoms with E-state index >= 15 is 0 Å². The zero-order chi connectivity index (χ0) is 15.3. The number of methoxy groups -OCH3 is 1. The molecule has 0 aromatic heterocycles. The summed E-state index contributed by atoms with van der Waals surface area (Å²) in [6.45, 7) is 6.75. The highest BCUT2D eigenvalue weighted by Crippen LogP contribution is 2.36. The third-order valence-corrected chi connectivity index (χ3v) is 3.50. The summed E-state index contributed by atoms with van der Waals surface area (Å²) >= 11 is 0. The molecule has 0 aromatic carbocycles. The van der Waals surface area contributed by atoms with Crippen LogP contribution in [0, 0.1) is 22.7 Å². The predicted molar refractivity (Wildman–Crippen MR) is 74.5 cm³/mol. The number of esters is 1. The summed E-state index contributed by atoms with van der Waals surface area (Å²) in [4.78, 5) is 25.7. The number of hydrogen-bond acceptors (Lipinski definition) is 4. The highest BCUT2D eigenvalue weighted by molar-refractivity contribution is 5.86. The molecule has 0 bridgehead atoms. The van der Waals surface area contributed by atoms with Crippen molar-refractivity contribution in [3.05, 3.63) is 0 Å². The van der Waals surface area contributed by atoms with Crippen LogP contribution in [0.5, 0.6) is 0 Å². The first-order valence-corrected chi connectivity index (χ1v) is 7.04. The first-order valence-electron chi connectivity index (χ1n) is 7.04. The third kappa shape index (κ3) is 4.84. The molecule has 5 nitrogen and oxygen atoms in total. The number of hydrogen-bond donors (Lipinski definition) is 0. The number of rotatable bonds is 6. The Kier molecular flexibility index (Phi) is 5.55. The second-order valence-corrected chi connectivity index (χ2v) is 6.54. The Bertz CT molecular complexity index is 402. The zero-order valence-electron chi connectivity index (χ0n) is 12.8. The van der Waals surface area contributed by atoms with Gasteiger partial charge >= 0.3 is 5.97 Å². The van der Waals surface area contributed by atoms with Crippen LogP contribution in [0.1, 0.15) is 46.5 Å². The van der Waals surface area contributed by atoms with Gasteiger partial charge in [-0.05, 0) is 30.6 Å². The largest absolute Gasteiger partial charge is 0.467 e. The van der Waals surface area contributed by atoms with E-state index in [1.54, 1.807) is 4.90 Å². The van der Waals surface area contributed by atoms with E-state index < -0.39 is 6.04 Å². The Hall–Kier alpha value is -1.57. The van der Waals surface area contributed by atoms with Crippen LogP contribution in [-0.2, 0) is 14.3 Å². The van der Waals surface area contributed by atoms with Gasteiger partial charge in [-0.1, -0.05) is 20.8 Å². The van der Waals surface area contributed by atoms with E-state index in [0.29, 0.717) is 6.54 Å². The lowest BCUT2D eigenvalue weighted by Gasteiger charge is -2.32. The van der Waals surface area contributed by atoms with Crippen LogP contribution >= 0.6 is 0 Å². The molecule has 1 aliphatic rings. The summed E-state index contributed by atoms with van der Waals surface area (Å²) in [7, 11) is 1.34. The van der Waals surface area contributed by atoms with Crippen LogP contribution in [0.25, 0.3) is 0 Å². The van der Waals surface area contributed by atoms with E-state index in [1.165, 1.54) is 7.11 Å². The van der Waals surface area contributed by atoms with E-state index in [9.17, 15) is 9.59 Å². The molecule has 0 spiro atoms. The molecule has 1 aliphatic carbocycles. The highest BCUT2D eigenvalue weighted by atomic mass is 16.5. The number of nitrogens with zero attached hydrogens (tertiary/aromatic N) is 2. The maximum absolute atomic E-state index is 12.1. The Labute approximate surface area is 120 Å². The summed E-state index contributed by atoms with van der Waals surface area (Å²) in [5, 5.41) is 8.73. The molecule has 112 valence electrons. The highest BCUT2D eigenvalue weighted by Gasteiger charge is 2.42. The maximum atomic E-state index is 12.1. The molecule has 1 atom stereocenters. The van der Waals surface area contributed by atoms with Crippen LogP contribution in [0.4, 0.5) is 0 Å². The van der Waals surface area contributed by atoms with Crippen molar-refractivity contribution >= 4 is 11.9 Å². The molecule has 0 aromatic rings. The van der Waals surface area contributed by atoms with E-state index in [4.69, 9.17) is 10.00 Å². The van der Waals surface area contributed by atoms with E-state index in [1.807, 2.05) is 6.07 Å². The fraction of sp³-hybridized carbons (Fsp3) is 0.800. The quantitative estimate of drug-likeness (QED) is 0.699. The number of amides is 1. The van der Waals surface area contributed by atoms with E-state index in [-0.39, 0.29) is 29.6 Å². The molecule has 0 aliphatic heterocycles. The summed E-state index contributed by atoms with van der Waals surface area (Å²) < 4.78 is 4.84. The molecule has 1 amide bonds. The lowest BCUT2D eigenvalue weighted by molar-refractivity contribution is -0.154. The molecule has 20 heavy (non-hydrogen) atoms. The Morgan fingerprint density at radius 2 is 2.00 bits per heavy atom. The number of carbonyl (C=O) groups is 2. The standard InChI is InChI=1S/C15H24N2O3/c1-15(2,3)8-10-17(12(18)7-9-16)13(11-5-6-11)14(19)20-4/h11,13H,5-8,10H2,1-4H3/t13-/m0/s1. The number of nitriles is 1. The summed E-state index contributed by atoms with van der Waals surface area (Å²) in [5.41, 5.74) is 0.0649. The second kappa shape index (κ2) is 6.74. The Balaban J connectivity index is 2.86. The van der Waals surface area contributed by atoms with Crippen molar-refractivity contribution in [3.8, 4) is 6.07 Å². The molecule has 0 radical (unpaired) electrons. The summed E-state index contributed by atoms with van der Waals surface area (Å²) in [5.74, 6) is -0.461. The SMILES string of the molecule is COC(=O)[C@H](C1CC1)N(CCC(C)(C)C)C(=O)CC#N. The van der Waals surface area contributed by atoms with E-state index in [2.05, 4.69) is 20.8 Å². The molecule has 1 rings (SSSR count). The van der Waals surface area contributed by atoms with Gasteiger partial charge in [-0.25, -0.2) is 4.79 Å². The lowest BCUT2D eigenvalue weighted by atomic mass is 9.91. The molecule has 0 unspecified atom stereocenters. The minimum atomic E-state index is -0.525. The predicted octanol–water partition coefficient (Wildman–Crippen LogP) is 2.12. The van der Waals surface area contributed by atoms with Crippen LogP contribution in [0.2, 0.25) is 0 Å². The van der Waals surface area contributed by atoms with Crippen molar-refractivity contribution in [2.45, 2.75) is 52.5 Å². The monoisotopic (exact) mass is 280 g/mol. The molecule has 5 heteroatoms. The first kappa shape index (κ1) is 16.5. The van der Waals surface area contributed by atoms with Crippen LogP contribution in [-0.4, -0.2) is 36.5 Å². The Morgan fingerprint density at radius 1 is 1.40 bits per heavy atom. The lowest BCUT2D eigenvalue weighted by Crippen LogP contribution is -2.48. The van der Waals surface area contributed by atoms with Gasteiger partial charge in [-0.3, -0.25) is 4.79 Å². The first-order chi connectivity index (χ1) is 9.30. The van der Waals surface area contributed by atoms with Gasteiger partial charge in [0.1, 0.15) is 12.5 Å². The molecule has 1 saturated carbocycles. The van der Waals surface area contributed by atoms with Gasteiger partial charge in [-0.15, -0.1) is 0 Å². The fourth-order valence-corrected chi connectivity index (χ4v) is 2.15. The van der Waals surface area contributed by atoms with Crippen molar-refractivity contribution in [2.24, 2.45) is 11.3 Å². The molecule has 0 saturated heterocycles. The van der Waals surface area contributed by atoms with Crippen LogP contribution in [0.3, 0.4) is 0 Å². The second-order valence-electron chi connectivity index (χ2n) is 6.54. The molecular formula is C15H24N2O3. The molecule has 0 heterocycles. The van der Waals surface area contributed by atoms with Crippen molar-refractivity contribution < 1.29 is 14.3 Å². The van der Waals surface area contributed by atoms with Gasteiger partial charge in [0.05, 0.1) is 13.2 Å².